The van der Waals surface area contributed by atoms with E-state index in [1.165, 1.54) is 11.1 Å². The summed E-state index contributed by atoms with van der Waals surface area (Å²) in [7, 11) is 0. The Labute approximate surface area is 121 Å². The topological polar surface area (TPSA) is 68.0 Å². The molecule has 0 aliphatic carbocycles. The molecule has 1 aromatic heterocycles. The van der Waals surface area contributed by atoms with Crippen LogP contribution in [-0.2, 0) is 0 Å². The summed E-state index contributed by atoms with van der Waals surface area (Å²) in [5.74, 6) is -0.960. The molecule has 0 radical (unpaired) electrons. The lowest BCUT2D eigenvalue weighted by Gasteiger charge is -2.15. The predicted octanol–water partition coefficient (Wildman–Crippen LogP) is 3.05. The first-order chi connectivity index (χ1) is 10.1. The number of nitrogens with zero attached hydrogens (tertiary/aromatic N) is 3. The Hall–Kier alpha value is -2.69. The van der Waals surface area contributed by atoms with Crippen molar-refractivity contribution in [3.8, 4) is 0 Å². The van der Waals surface area contributed by atoms with Gasteiger partial charge in [0.25, 0.3) is 0 Å². The van der Waals surface area contributed by atoms with Crippen molar-refractivity contribution in [2.24, 2.45) is 0 Å². The summed E-state index contributed by atoms with van der Waals surface area (Å²) >= 11 is 0. The zero-order valence-corrected chi connectivity index (χ0v) is 11.8. The molecule has 0 spiro atoms. The fraction of sp³-hybridized carbons (Fsp3) is 0.188. The third-order valence-electron chi connectivity index (χ3n) is 3.72. The third kappa shape index (κ3) is 2.27. The van der Waals surface area contributed by atoms with Crippen molar-refractivity contribution < 1.29 is 9.90 Å². The number of fused-ring (bicyclic) bond motifs is 1. The summed E-state index contributed by atoms with van der Waals surface area (Å²) in [5, 5.41) is 17.3. The highest BCUT2D eigenvalue weighted by Crippen LogP contribution is 2.24. The number of rotatable bonds is 3. The van der Waals surface area contributed by atoms with Crippen molar-refractivity contribution >= 4 is 17.0 Å². The van der Waals surface area contributed by atoms with E-state index in [-0.39, 0.29) is 11.6 Å². The van der Waals surface area contributed by atoms with Gasteiger partial charge in [0.15, 0.2) is 0 Å². The fourth-order valence-electron chi connectivity index (χ4n) is 2.55. The number of aromatic nitrogens is 3. The Morgan fingerprint density at radius 1 is 1.24 bits per heavy atom. The molecule has 0 saturated carbocycles. The molecule has 5 nitrogen and oxygen atoms in total. The van der Waals surface area contributed by atoms with Gasteiger partial charge in [0.05, 0.1) is 17.1 Å². The van der Waals surface area contributed by atoms with Crippen LogP contribution in [0.5, 0.6) is 0 Å². The first-order valence-electron chi connectivity index (χ1n) is 6.71. The largest absolute Gasteiger partial charge is 0.478 e. The molecule has 106 valence electrons. The van der Waals surface area contributed by atoms with Crippen LogP contribution in [0.4, 0.5) is 0 Å². The van der Waals surface area contributed by atoms with E-state index in [0.29, 0.717) is 5.52 Å². The Morgan fingerprint density at radius 2 is 2.00 bits per heavy atom. The third-order valence-corrected chi connectivity index (χ3v) is 3.72. The standard InChI is InChI=1S/C16H15N3O2/c1-10-5-3-4-6-13(10)11(2)19-15-8-7-12(16(20)21)9-14(15)17-18-19/h3-9,11H,1-2H3,(H,20,21). The highest BCUT2D eigenvalue weighted by molar-refractivity contribution is 5.92. The van der Waals surface area contributed by atoms with Gasteiger partial charge in [-0.3, -0.25) is 0 Å². The van der Waals surface area contributed by atoms with Gasteiger partial charge in [-0.2, -0.15) is 0 Å². The van der Waals surface area contributed by atoms with E-state index >= 15 is 0 Å². The van der Waals surface area contributed by atoms with Gasteiger partial charge in [0.1, 0.15) is 5.52 Å². The van der Waals surface area contributed by atoms with Crippen molar-refractivity contribution in [2.75, 3.05) is 0 Å². The average molecular weight is 281 g/mol. The number of carbonyl (C=O) groups is 1. The molecule has 0 amide bonds. The molecule has 3 aromatic rings. The zero-order chi connectivity index (χ0) is 15.0. The number of benzene rings is 2. The monoisotopic (exact) mass is 281 g/mol. The number of hydrogen-bond acceptors (Lipinski definition) is 3. The minimum Gasteiger partial charge on any atom is -0.478 e. The quantitative estimate of drug-likeness (QED) is 0.801. The van der Waals surface area contributed by atoms with Crippen LogP contribution in [0, 0.1) is 6.92 Å². The van der Waals surface area contributed by atoms with Gasteiger partial charge in [-0.15, -0.1) is 5.10 Å². The van der Waals surface area contributed by atoms with E-state index in [1.807, 2.05) is 16.8 Å². The van der Waals surface area contributed by atoms with Crippen molar-refractivity contribution in [2.45, 2.75) is 19.9 Å². The Bertz CT molecular complexity index is 823. The lowest BCUT2D eigenvalue weighted by Crippen LogP contribution is -2.10. The molecule has 0 bridgehead atoms. The molecule has 3 rings (SSSR count). The summed E-state index contributed by atoms with van der Waals surface area (Å²) in [6.07, 6.45) is 0. The van der Waals surface area contributed by atoms with Crippen LogP contribution in [0.2, 0.25) is 0 Å². The van der Waals surface area contributed by atoms with Crippen LogP contribution in [-0.4, -0.2) is 26.1 Å². The molecule has 0 aliphatic rings. The van der Waals surface area contributed by atoms with Gasteiger partial charge < -0.3 is 5.11 Å². The second kappa shape index (κ2) is 5.01. The van der Waals surface area contributed by atoms with Crippen LogP contribution in [0.3, 0.4) is 0 Å². The van der Waals surface area contributed by atoms with Crippen LogP contribution in [0.25, 0.3) is 11.0 Å². The molecule has 0 aliphatic heterocycles. The minimum absolute atomic E-state index is 0.0341. The zero-order valence-electron chi connectivity index (χ0n) is 11.8. The van der Waals surface area contributed by atoms with Crippen LogP contribution < -0.4 is 0 Å². The highest BCUT2D eigenvalue weighted by atomic mass is 16.4. The second-order valence-corrected chi connectivity index (χ2v) is 5.08. The predicted molar refractivity (Wildman–Crippen MR) is 79.5 cm³/mol. The first-order valence-corrected chi connectivity index (χ1v) is 6.71. The molecule has 1 atom stereocenters. The number of carboxylic acid groups (broad SMARTS) is 1. The van der Waals surface area contributed by atoms with Gasteiger partial charge in [-0.25, -0.2) is 9.48 Å². The highest BCUT2D eigenvalue weighted by Gasteiger charge is 2.15. The minimum atomic E-state index is -0.960. The average Bonchev–Trinajstić information content (AvgIpc) is 2.90. The molecular formula is C16H15N3O2. The van der Waals surface area contributed by atoms with E-state index in [2.05, 4.69) is 36.3 Å². The molecule has 2 aromatic carbocycles. The van der Waals surface area contributed by atoms with Crippen LogP contribution in [0.1, 0.15) is 34.5 Å². The maximum Gasteiger partial charge on any atom is 0.335 e. The number of aryl methyl sites for hydroxylation is 1. The van der Waals surface area contributed by atoms with Crippen molar-refractivity contribution in [1.82, 2.24) is 15.0 Å². The molecule has 21 heavy (non-hydrogen) atoms. The summed E-state index contributed by atoms with van der Waals surface area (Å²) in [4.78, 5) is 11.0. The van der Waals surface area contributed by atoms with Crippen molar-refractivity contribution in [3.63, 3.8) is 0 Å². The summed E-state index contributed by atoms with van der Waals surface area (Å²) in [6, 6.07) is 13.1. The summed E-state index contributed by atoms with van der Waals surface area (Å²) in [5.41, 5.74) is 4.01. The lowest BCUT2D eigenvalue weighted by atomic mass is 10.0. The van der Waals surface area contributed by atoms with E-state index in [9.17, 15) is 4.79 Å². The molecule has 0 fully saturated rings. The van der Waals surface area contributed by atoms with E-state index < -0.39 is 5.97 Å². The number of hydrogen-bond donors (Lipinski definition) is 1. The SMILES string of the molecule is Cc1ccccc1C(C)n1nnc2cc(C(=O)O)ccc21. The molecule has 0 saturated heterocycles. The number of aromatic carboxylic acids is 1. The Balaban J connectivity index is 2.09. The van der Waals surface area contributed by atoms with E-state index in [1.54, 1.807) is 18.2 Å². The fourth-order valence-corrected chi connectivity index (χ4v) is 2.55. The van der Waals surface area contributed by atoms with Crippen molar-refractivity contribution in [3.05, 3.63) is 59.2 Å². The first kappa shape index (κ1) is 13.3. The molecular weight excluding hydrogens is 266 g/mol. The Morgan fingerprint density at radius 3 is 2.71 bits per heavy atom. The molecule has 1 unspecified atom stereocenters. The molecule has 1 N–H and O–H groups in total. The molecule has 1 heterocycles. The Kier molecular flexibility index (Phi) is 3.17. The maximum absolute atomic E-state index is 11.0. The number of carboxylic acids is 1. The molecule has 5 heteroatoms. The lowest BCUT2D eigenvalue weighted by molar-refractivity contribution is 0.0697. The smallest absolute Gasteiger partial charge is 0.335 e. The van der Waals surface area contributed by atoms with Gasteiger partial charge in [0.2, 0.25) is 0 Å². The van der Waals surface area contributed by atoms with E-state index in [4.69, 9.17) is 5.11 Å². The van der Waals surface area contributed by atoms with Gasteiger partial charge in [-0.05, 0) is 43.2 Å². The maximum atomic E-state index is 11.0. The van der Waals surface area contributed by atoms with Crippen molar-refractivity contribution in [1.29, 1.82) is 0 Å². The van der Waals surface area contributed by atoms with Gasteiger partial charge >= 0.3 is 5.97 Å². The van der Waals surface area contributed by atoms with Gasteiger partial charge in [0, 0.05) is 0 Å². The summed E-state index contributed by atoms with van der Waals surface area (Å²) in [6.45, 7) is 4.12. The van der Waals surface area contributed by atoms with Crippen LogP contribution in [0.15, 0.2) is 42.5 Å². The second-order valence-electron chi connectivity index (χ2n) is 5.08. The van der Waals surface area contributed by atoms with E-state index in [0.717, 1.165) is 5.52 Å². The normalized spacial score (nSPS) is 12.5. The summed E-state index contributed by atoms with van der Waals surface area (Å²) < 4.78 is 1.82. The van der Waals surface area contributed by atoms with Crippen LogP contribution >= 0.6 is 0 Å². The van der Waals surface area contributed by atoms with Gasteiger partial charge in [-0.1, -0.05) is 29.5 Å².